The summed E-state index contributed by atoms with van der Waals surface area (Å²) < 4.78 is 4.53. The van der Waals surface area contributed by atoms with Gasteiger partial charge in [0.25, 0.3) is 0 Å². The number of unbranched alkanes of at least 4 members (excludes halogenated alkanes) is 1. The molecule has 0 N–H and O–H groups in total. The van der Waals surface area contributed by atoms with E-state index in [0.29, 0.717) is 6.61 Å². The summed E-state index contributed by atoms with van der Waals surface area (Å²) in [6.07, 6.45) is 1.03. The third kappa shape index (κ3) is 9.94. The van der Waals surface area contributed by atoms with Crippen LogP contribution in [0.5, 0.6) is 0 Å². The van der Waals surface area contributed by atoms with Crippen molar-refractivity contribution in [3.63, 3.8) is 0 Å². The molecule has 0 saturated carbocycles. The summed E-state index contributed by atoms with van der Waals surface area (Å²) in [6, 6.07) is 0. The molecule has 0 spiro atoms. The van der Waals surface area contributed by atoms with Crippen molar-refractivity contribution in [1.29, 1.82) is 0 Å². The van der Waals surface area contributed by atoms with Crippen LogP contribution >= 0.6 is 0 Å². The van der Waals surface area contributed by atoms with Crippen molar-refractivity contribution in [2.45, 2.75) is 26.2 Å². The molecule has 0 saturated heterocycles. The number of carbonyl (C=O) groups is 2. The first-order valence-electron chi connectivity index (χ1n) is 3.52. The van der Waals surface area contributed by atoms with E-state index in [9.17, 15) is 14.7 Å². The minimum absolute atomic E-state index is 0. The number of rotatable bonds is 5. The molecule has 4 nitrogen and oxygen atoms in total. The van der Waals surface area contributed by atoms with Gasteiger partial charge in [0.15, 0.2) is 0 Å². The van der Waals surface area contributed by atoms with Crippen LogP contribution in [-0.4, -0.2) is 18.5 Å². The van der Waals surface area contributed by atoms with Gasteiger partial charge >= 0.3 is 35.5 Å². The van der Waals surface area contributed by atoms with Crippen molar-refractivity contribution < 1.29 is 49.0 Å². The monoisotopic (exact) mass is 182 g/mol. The molecule has 12 heavy (non-hydrogen) atoms. The molecule has 0 aliphatic heterocycles. The number of hydrogen-bond donors (Lipinski definition) is 0. The number of aliphatic carboxylic acids is 1. The van der Waals surface area contributed by atoms with Crippen LogP contribution in [0, 0.1) is 0 Å². The Morgan fingerprint density at radius 3 is 2.42 bits per heavy atom. The van der Waals surface area contributed by atoms with Crippen molar-refractivity contribution in [3.8, 4) is 0 Å². The van der Waals surface area contributed by atoms with Gasteiger partial charge in [0.05, 0.1) is 19.0 Å². The topological polar surface area (TPSA) is 66.4 Å². The summed E-state index contributed by atoms with van der Waals surface area (Å²) in [5.41, 5.74) is 0. The smallest absolute Gasteiger partial charge is 0.550 e. The molecule has 0 unspecified atom stereocenters. The Morgan fingerprint density at radius 2 is 2.00 bits per heavy atom. The number of carbonyl (C=O) groups excluding carboxylic acids is 2. The van der Waals surface area contributed by atoms with Crippen molar-refractivity contribution in [2.75, 3.05) is 6.61 Å². The van der Waals surface area contributed by atoms with Crippen molar-refractivity contribution >= 4 is 11.9 Å². The molecule has 0 aliphatic rings. The average Bonchev–Trinajstić information content (AvgIpc) is 1.86. The molecular weight excluding hydrogens is 171 g/mol. The molecular formula is C7H11NaO4. The van der Waals surface area contributed by atoms with Gasteiger partial charge in [-0.25, -0.2) is 0 Å². The van der Waals surface area contributed by atoms with Crippen LogP contribution in [0.25, 0.3) is 0 Å². The zero-order chi connectivity index (χ0) is 8.69. The van der Waals surface area contributed by atoms with Crippen LogP contribution in [0.15, 0.2) is 0 Å². The Bertz CT molecular complexity index is 146. The van der Waals surface area contributed by atoms with E-state index in [1.807, 2.05) is 6.92 Å². The van der Waals surface area contributed by atoms with Crippen LogP contribution in [0.1, 0.15) is 26.2 Å². The predicted octanol–water partition coefficient (Wildman–Crippen LogP) is -3.53. The second-order valence-corrected chi connectivity index (χ2v) is 2.12. The summed E-state index contributed by atoms with van der Waals surface area (Å²) in [7, 11) is 0. The minimum atomic E-state index is -1.40. The standard InChI is InChI=1S/C7H12O4.Na/c1-2-3-4-11-7(10)5-6(8)9;/h2-5H2,1H3,(H,8,9);/q;+1/p-1. The minimum Gasteiger partial charge on any atom is -0.550 e. The Kier molecular flexibility index (Phi) is 10.9. The second-order valence-electron chi connectivity index (χ2n) is 2.12. The average molecular weight is 182 g/mol. The number of carboxylic acid groups (broad SMARTS) is 1. The van der Waals surface area contributed by atoms with E-state index in [-0.39, 0.29) is 29.6 Å². The second kappa shape index (κ2) is 9.03. The van der Waals surface area contributed by atoms with E-state index in [2.05, 4.69) is 4.74 Å². The molecule has 64 valence electrons. The molecule has 5 heteroatoms. The zero-order valence-corrected chi connectivity index (χ0v) is 9.46. The number of carboxylic acids is 1. The molecule has 0 aromatic rings. The van der Waals surface area contributed by atoms with Gasteiger partial charge in [0.1, 0.15) is 0 Å². The van der Waals surface area contributed by atoms with Gasteiger partial charge in [0, 0.05) is 0 Å². The molecule has 0 atom stereocenters. The van der Waals surface area contributed by atoms with Gasteiger partial charge in [-0.15, -0.1) is 0 Å². The predicted molar refractivity (Wildman–Crippen MR) is 35.5 cm³/mol. The van der Waals surface area contributed by atoms with Gasteiger partial charge in [-0.2, -0.15) is 0 Å². The van der Waals surface area contributed by atoms with Crippen LogP contribution in [-0.2, 0) is 14.3 Å². The molecule has 0 aromatic heterocycles. The first kappa shape index (κ1) is 14.5. The molecule has 0 bridgehead atoms. The van der Waals surface area contributed by atoms with E-state index < -0.39 is 18.4 Å². The van der Waals surface area contributed by atoms with Crippen molar-refractivity contribution in [1.82, 2.24) is 0 Å². The van der Waals surface area contributed by atoms with E-state index in [0.717, 1.165) is 12.8 Å². The Labute approximate surface area is 93.6 Å². The Hall–Kier alpha value is -0.0600. The van der Waals surface area contributed by atoms with Gasteiger partial charge in [-0.1, -0.05) is 13.3 Å². The summed E-state index contributed by atoms with van der Waals surface area (Å²) in [5, 5.41) is 9.83. The maximum atomic E-state index is 10.5. The van der Waals surface area contributed by atoms with Crippen LogP contribution in [0.2, 0.25) is 0 Å². The van der Waals surface area contributed by atoms with E-state index >= 15 is 0 Å². The fourth-order valence-electron chi connectivity index (χ4n) is 0.499. The molecule has 0 aliphatic carbocycles. The molecule has 0 heterocycles. The SMILES string of the molecule is CCCCOC(=O)CC(=O)[O-].[Na+]. The quantitative estimate of drug-likeness (QED) is 0.191. The van der Waals surface area contributed by atoms with E-state index in [4.69, 9.17) is 0 Å². The summed E-state index contributed by atoms with van der Waals surface area (Å²) >= 11 is 0. The van der Waals surface area contributed by atoms with Gasteiger partial charge in [0.2, 0.25) is 0 Å². The molecule has 0 radical (unpaired) electrons. The maximum absolute atomic E-state index is 10.5. The Morgan fingerprint density at radius 1 is 1.42 bits per heavy atom. The molecule has 0 amide bonds. The van der Waals surface area contributed by atoms with Gasteiger partial charge in [-0.3, -0.25) is 4.79 Å². The number of esters is 1. The van der Waals surface area contributed by atoms with Crippen molar-refractivity contribution in [2.24, 2.45) is 0 Å². The Balaban J connectivity index is 0. The van der Waals surface area contributed by atoms with Crippen LogP contribution in [0.3, 0.4) is 0 Å². The molecule has 0 fully saturated rings. The maximum Gasteiger partial charge on any atom is 1.00 e. The van der Waals surface area contributed by atoms with Gasteiger partial charge < -0.3 is 14.6 Å². The van der Waals surface area contributed by atoms with Crippen LogP contribution in [0.4, 0.5) is 0 Å². The van der Waals surface area contributed by atoms with E-state index in [1.54, 1.807) is 0 Å². The number of ether oxygens (including phenoxy) is 1. The van der Waals surface area contributed by atoms with Crippen LogP contribution < -0.4 is 34.7 Å². The summed E-state index contributed by atoms with van der Waals surface area (Å²) in [5.74, 6) is -2.12. The fourth-order valence-corrected chi connectivity index (χ4v) is 0.499. The number of hydrogen-bond acceptors (Lipinski definition) is 4. The third-order valence-corrected chi connectivity index (χ3v) is 1.05. The van der Waals surface area contributed by atoms with E-state index in [1.165, 1.54) is 0 Å². The van der Waals surface area contributed by atoms with Crippen molar-refractivity contribution in [3.05, 3.63) is 0 Å². The largest absolute Gasteiger partial charge is 1.00 e. The fraction of sp³-hybridized carbons (Fsp3) is 0.714. The molecule has 0 aromatic carbocycles. The first-order valence-corrected chi connectivity index (χ1v) is 3.52. The first-order chi connectivity index (χ1) is 5.16. The zero-order valence-electron chi connectivity index (χ0n) is 7.46. The summed E-state index contributed by atoms with van der Waals surface area (Å²) in [4.78, 5) is 20.3. The third-order valence-electron chi connectivity index (χ3n) is 1.05. The summed E-state index contributed by atoms with van der Waals surface area (Å²) in [6.45, 7) is 2.25. The molecule has 0 rings (SSSR count). The van der Waals surface area contributed by atoms with Gasteiger partial charge in [-0.05, 0) is 6.42 Å². The normalized spacial score (nSPS) is 8.42.